The van der Waals surface area contributed by atoms with Gasteiger partial charge in [-0.3, -0.25) is 9.78 Å². The summed E-state index contributed by atoms with van der Waals surface area (Å²) in [6.07, 6.45) is 3.46. The molecular weight excluding hydrogens is 383 g/mol. The number of hydrogen-bond acceptors (Lipinski definition) is 3. The zero-order chi connectivity index (χ0) is 21.0. The smallest absolute Gasteiger partial charge is 0.364 e. The minimum atomic E-state index is -4.48. The fraction of sp³-hybridized carbons (Fsp3) is 0.350. The van der Waals surface area contributed by atoms with Crippen LogP contribution in [0.4, 0.5) is 13.2 Å². The van der Waals surface area contributed by atoms with Gasteiger partial charge in [-0.15, -0.1) is 0 Å². The number of primary amides is 1. The standard InChI is InChI=1S/C20H20F3N5O/c1-11-14(9-28(17(11)18(24)29)12(2)15-8-25-10-27-15)19(5-6-19)13-3-4-16(26-7-13)20(21,22)23/h3-4,7-10,12H,5-6H2,1-2H3,(H2,24,29)(H,25,27). The molecule has 0 aromatic carbocycles. The van der Waals surface area contributed by atoms with Crippen LogP contribution in [0.25, 0.3) is 0 Å². The molecule has 1 fully saturated rings. The summed E-state index contributed by atoms with van der Waals surface area (Å²) in [6.45, 7) is 3.74. The number of imidazole rings is 1. The predicted molar refractivity (Wildman–Crippen MR) is 99.3 cm³/mol. The van der Waals surface area contributed by atoms with E-state index in [1.807, 2.05) is 20.0 Å². The lowest BCUT2D eigenvalue weighted by Gasteiger charge is -2.17. The summed E-state index contributed by atoms with van der Waals surface area (Å²) in [5.74, 6) is -0.554. The molecular formula is C20H20F3N5O. The first kappa shape index (κ1) is 19.2. The summed E-state index contributed by atoms with van der Waals surface area (Å²) in [5.41, 5.74) is 7.82. The van der Waals surface area contributed by atoms with Gasteiger partial charge in [0, 0.05) is 17.8 Å². The first-order chi connectivity index (χ1) is 13.6. The fourth-order valence-electron chi connectivity index (χ4n) is 4.05. The average Bonchev–Trinajstić information content (AvgIpc) is 3.12. The van der Waals surface area contributed by atoms with Gasteiger partial charge in [0.05, 0.1) is 24.3 Å². The summed E-state index contributed by atoms with van der Waals surface area (Å²) in [6, 6.07) is 2.26. The highest BCUT2D eigenvalue weighted by Gasteiger charge is 2.49. The Labute approximate surface area is 165 Å². The first-order valence-corrected chi connectivity index (χ1v) is 9.19. The predicted octanol–water partition coefficient (Wildman–Crippen LogP) is 3.72. The van der Waals surface area contributed by atoms with Crippen molar-refractivity contribution < 1.29 is 18.0 Å². The maximum absolute atomic E-state index is 12.9. The molecule has 3 aromatic rings. The van der Waals surface area contributed by atoms with Gasteiger partial charge >= 0.3 is 6.18 Å². The molecule has 1 unspecified atom stereocenters. The number of rotatable bonds is 5. The van der Waals surface area contributed by atoms with Crippen molar-refractivity contribution in [3.63, 3.8) is 0 Å². The Morgan fingerprint density at radius 1 is 1.31 bits per heavy atom. The van der Waals surface area contributed by atoms with Gasteiger partial charge in [0.25, 0.3) is 5.91 Å². The Balaban J connectivity index is 1.79. The number of aromatic nitrogens is 4. The van der Waals surface area contributed by atoms with Crippen LogP contribution < -0.4 is 5.73 Å². The van der Waals surface area contributed by atoms with Crippen LogP contribution in [0, 0.1) is 6.92 Å². The highest BCUT2D eigenvalue weighted by Crippen LogP contribution is 2.55. The minimum Gasteiger partial charge on any atom is -0.364 e. The fourth-order valence-corrected chi connectivity index (χ4v) is 4.05. The Morgan fingerprint density at radius 3 is 2.52 bits per heavy atom. The number of nitrogens with one attached hydrogen (secondary N) is 1. The van der Waals surface area contributed by atoms with Gasteiger partial charge in [-0.2, -0.15) is 13.2 Å². The lowest BCUT2D eigenvalue weighted by atomic mass is 9.88. The average molecular weight is 403 g/mol. The maximum atomic E-state index is 12.9. The van der Waals surface area contributed by atoms with Gasteiger partial charge in [-0.1, -0.05) is 6.07 Å². The van der Waals surface area contributed by atoms with Gasteiger partial charge in [0.2, 0.25) is 0 Å². The number of halogens is 3. The largest absolute Gasteiger partial charge is 0.433 e. The molecule has 29 heavy (non-hydrogen) atoms. The third kappa shape index (κ3) is 3.10. The van der Waals surface area contributed by atoms with Gasteiger partial charge in [-0.05, 0) is 49.4 Å². The molecule has 4 rings (SSSR count). The number of amides is 1. The van der Waals surface area contributed by atoms with Crippen LogP contribution >= 0.6 is 0 Å². The van der Waals surface area contributed by atoms with Crippen molar-refractivity contribution in [3.05, 3.63) is 70.8 Å². The zero-order valence-electron chi connectivity index (χ0n) is 15.9. The molecule has 1 saturated carbocycles. The van der Waals surface area contributed by atoms with E-state index in [0.717, 1.165) is 35.7 Å². The summed E-state index contributed by atoms with van der Waals surface area (Å²) < 4.78 is 40.4. The van der Waals surface area contributed by atoms with E-state index < -0.39 is 23.2 Å². The number of aromatic amines is 1. The molecule has 6 nitrogen and oxygen atoms in total. The summed E-state index contributed by atoms with van der Waals surface area (Å²) in [7, 11) is 0. The SMILES string of the molecule is Cc1c(C2(c3ccc(C(F)(F)F)nc3)CC2)cn(C(C)c2cnc[nH]2)c1C(N)=O. The van der Waals surface area contributed by atoms with Crippen molar-refractivity contribution >= 4 is 5.91 Å². The van der Waals surface area contributed by atoms with Crippen molar-refractivity contribution in [3.8, 4) is 0 Å². The van der Waals surface area contributed by atoms with Crippen LogP contribution in [0.15, 0.2) is 37.1 Å². The van der Waals surface area contributed by atoms with Crippen LogP contribution in [0.3, 0.4) is 0 Å². The molecule has 1 amide bonds. The monoisotopic (exact) mass is 403 g/mol. The molecule has 3 aromatic heterocycles. The molecule has 9 heteroatoms. The lowest BCUT2D eigenvalue weighted by Crippen LogP contribution is -2.20. The summed E-state index contributed by atoms with van der Waals surface area (Å²) in [4.78, 5) is 22.9. The van der Waals surface area contributed by atoms with Crippen molar-refractivity contribution in [1.82, 2.24) is 19.5 Å². The highest BCUT2D eigenvalue weighted by molar-refractivity contribution is 5.93. The molecule has 0 bridgehead atoms. The van der Waals surface area contributed by atoms with Crippen LogP contribution in [0.5, 0.6) is 0 Å². The molecule has 152 valence electrons. The van der Waals surface area contributed by atoms with E-state index in [0.29, 0.717) is 11.3 Å². The van der Waals surface area contributed by atoms with E-state index in [-0.39, 0.29) is 6.04 Å². The number of nitrogens with two attached hydrogens (primary N) is 1. The third-order valence-electron chi connectivity index (χ3n) is 5.78. The Hall–Kier alpha value is -3.10. The topological polar surface area (TPSA) is 89.6 Å². The van der Waals surface area contributed by atoms with Crippen LogP contribution in [0.1, 0.15) is 64.4 Å². The lowest BCUT2D eigenvalue weighted by molar-refractivity contribution is -0.141. The number of alkyl halides is 3. The van der Waals surface area contributed by atoms with E-state index in [1.165, 1.54) is 12.3 Å². The van der Waals surface area contributed by atoms with Crippen LogP contribution in [-0.2, 0) is 11.6 Å². The van der Waals surface area contributed by atoms with Crippen molar-refractivity contribution in [2.24, 2.45) is 5.73 Å². The number of H-pyrrole nitrogens is 1. The molecule has 1 aliphatic carbocycles. The molecule has 1 atom stereocenters. The van der Waals surface area contributed by atoms with Gasteiger partial charge < -0.3 is 15.3 Å². The minimum absolute atomic E-state index is 0.214. The van der Waals surface area contributed by atoms with E-state index in [9.17, 15) is 18.0 Å². The third-order valence-corrected chi connectivity index (χ3v) is 5.78. The Kier molecular flexibility index (Phi) is 4.29. The zero-order valence-corrected chi connectivity index (χ0v) is 15.9. The Bertz CT molecular complexity index is 1050. The number of carbonyl (C=O) groups is 1. The van der Waals surface area contributed by atoms with E-state index in [4.69, 9.17) is 5.73 Å². The molecule has 0 radical (unpaired) electrons. The molecule has 3 N–H and O–H groups in total. The van der Waals surface area contributed by atoms with E-state index in [1.54, 1.807) is 17.1 Å². The van der Waals surface area contributed by atoms with Crippen molar-refractivity contribution in [2.45, 2.75) is 44.3 Å². The molecule has 1 aliphatic rings. The van der Waals surface area contributed by atoms with Gasteiger partial charge in [0.1, 0.15) is 11.4 Å². The number of pyridine rings is 1. The quantitative estimate of drug-likeness (QED) is 0.680. The molecule has 0 aliphatic heterocycles. The molecule has 3 heterocycles. The summed E-state index contributed by atoms with van der Waals surface area (Å²) in [5, 5.41) is 0. The van der Waals surface area contributed by atoms with Crippen molar-refractivity contribution in [2.75, 3.05) is 0 Å². The number of nitrogens with zero attached hydrogens (tertiary/aromatic N) is 3. The Morgan fingerprint density at radius 2 is 2.03 bits per heavy atom. The molecule has 0 saturated heterocycles. The van der Waals surface area contributed by atoms with Gasteiger partial charge in [0.15, 0.2) is 0 Å². The summed E-state index contributed by atoms with van der Waals surface area (Å²) >= 11 is 0. The first-order valence-electron chi connectivity index (χ1n) is 9.19. The van der Waals surface area contributed by atoms with Crippen LogP contribution in [0.2, 0.25) is 0 Å². The van der Waals surface area contributed by atoms with E-state index in [2.05, 4.69) is 15.0 Å². The van der Waals surface area contributed by atoms with Gasteiger partial charge in [-0.25, -0.2) is 4.98 Å². The van der Waals surface area contributed by atoms with Crippen LogP contribution in [-0.4, -0.2) is 25.4 Å². The second-order valence-electron chi connectivity index (χ2n) is 7.48. The number of carbonyl (C=O) groups excluding carboxylic acids is 1. The van der Waals surface area contributed by atoms with E-state index >= 15 is 0 Å². The normalized spacial score (nSPS) is 16.6. The second kappa shape index (κ2) is 6.47. The maximum Gasteiger partial charge on any atom is 0.433 e. The second-order valence-corrected chi connectivity index (χ2v) is 7.48. The number of hydrogen-bond donors (Lipinski definition) is 2. The van der Waals surface area contributed by atoms with Crippen molar-refractivity contribution in [1.29, 1.82) is 0 Å². The molecule has 0 spiro atoms. The highest BCUT2D eigenvalue weighted by atomic mass is 19.4.